The molecule has 0 fully saturated rings. The summed E-state index contributed by atoms with van der Waals surface area (Å²) in [6.45, 7) is 1.63. The van der Waals surface area contributed by atoms with Crippen molar-refractivity contribution in [1.82, 2.24) is 0 Å². The number of methoxy groups -OCH3 is 1. The van der Waals surface area contributed by atoms with E-state index in [1.54, 1.807) is 55.5 Å². The third kappa shape index (κ3) is 5.01. The number of aromatic hydroxyl groups is 1. The molecule has 4 aromatic rings. The summed E-state index contributed by atoms with van der Waals surface area (Å²) in [5.41, 5.74) is 0.895. The monoisotopic (exact) mass is 525 g/mol. The molecule has 9 nitrogen and oxygen atoms in total. The van der Waals surface area contributed by atoms with Crippen LogP contribution in [0.1, 0.15) is 15.9 Å². The number of carbonyl (C=O) groups is 1. The van der Waals surface area contributed by atoms with E-state index in [9.17, 15) is 22.9 Å². The van der Waals surface area contributed by atoms with Crippen molar-refractivity contribution in [2.24, 2.45) is 10.2 Å². The van der Waals surface area contributed by atoms with Crippen LogP contribution in [0.15, 0.2) is 81.9 Å². The number of hydrogen-bond acceptors (Lipinski definition) is 7. The number of nitrogens with zero attached hydrogens (tertiary/aromatic N) is 2. The van der Waals surface area contributed by atoms with Crippen molar-refractivity contribution < 1.29 is 27.6 Å². The number of phenolic OH excluding ortho intramolecular Hbond substituents is 1. The maximum absolute atomic E-state index is 13.0. The van der Waals surface area contributed by atoms with E-state index in [1.807, 2.05) is 0 Å². The molecule has 36 heavy (non-hydrogen) atoms. The van der Waals surface area contributed by atoms with Crippen molar-refractivity contribution >= 4 is 55.5 Å². The summed E-state index contributed by atoms with van der Waals surface area (Å²) in [4.78, 5) is 12.5. The van der Waals surface area contributed by atoms with Crippen LogP contribution in [-0.4, -0.2) is 31.1 Å². The van der Waals surface area contributed by atoms with E-state index < -0.39 is 26.7 Å². The van der Waals surface area contributed by atoms with Crippen LogP contribution < -0.4 is 10.1 Å². The van der Waals surface area contributed by atoms with Crippen molar-refractivity contribution in [2.45, 2.75) is 11.8 Å². The first-order valence-corrected chi connectivity index (χ1v) is 12.3. The molecule has 0 aliphatic carbocycles. The van der Waals surface area contributed by atoms with Crippen LogP contribution in [0.5, 0.6) is 11.5 Å². The Hall–Kier alpha value is -3.99. The van der Waals surface area contributed by atoms with Crippen LogP contribution in [0.3, 0.4) is 0 Å². The fraction of sp³-hybridized carbons (Fsp3) is 0.0800. The summed E-state index contributed by atoms with van der Waals surface area (Å²) in [6.07, 6.45) is 0. The minimum atomic E-state index is -4.59. The van der Waals surface area contributed by atoms with Crippen molar-refractivity contribution in [1.29, 1.82) is 0 Å². The number of benzene rings is 4. The van der Waals surface area contributed by atoms with E-state index in [2.05, 4.69) is 15.5 Å². The molecule has 0 radical (unpaired) electrons. The molecule has 3 N–H and O–H groups in total. The molecule has 0 aliphatic rings. The highest BCUT2D eigenvalue weighted by Gasteiger charge is 2.21. The smallest absolute Gasteiger partial charge is 0.296 e. The second-order valence-corrected chi connectivity index (χ2v) is 9.51. The van der Waals surface area contributed by atoms with Gasteiger partial charge in [0.25, 0.3) is 16.0 Å². The molecule has 0 bridgehead atoms. The standard InChI is InChI=1S/C25H20ClN3O6S/c1-14-7-12-20(36(32,33)34)21(26)22(14)28-29-23-18-6-4-3-5-15(18)13-19(24(23)30)25(31)27-16-8-10-17(35-2)11-9-16/h3-13,30H,1-2H3,(H,27,31)(H,32,33,34). The Kier molecular flexibility index (Phi) is 6.93. The lowest BCUT2D eigenvalue weighted by Crippen LogP contribution is -2.12. The lowest BCUT2D eigenvalue weighted by atomic mass is 10.0. The molecule has 0 saturated heterocycles. The van der Waals surface area contributed by atoms with Gasteiger partial charge in [0.1, 0.15) is 22.0 Å². The van der Waals surface area contributed by atoms with Gasteiger partial charge in [-0.05, 0) is 54.3 Å². The number of rotatable bonds is 6. The summed E-state index contributed by atoms with van der Waals surface area (Å²) < 4.78 is 37.8. The Morgan fingerprint density at radius 3 is 2.33 bits per heavy atom. The summed E-state index contributed by atoms with van der Waals surface area (Å²) >= 11 is 6.19. The molecule has 0 atom stereocenters. The number of ether oxygens (including phenoxy) is 1. The fourth-order valence-electron chi connectivity index (χ4n) is 3.53. The second-order valence-electron chi connectivity index (χ2n) is 7.74. The molecule has 0 aromatic heterocycles. The number of nitrogens with one attached hydrogen (secondary N) is 1. The van der Waals surface area contributed by atoms with Gasteiger partial charge in [0, 0.05) is 11.1 Å². The van der Waals surface area contributed by atoms with Gasteiger partial charge >= 0.3 is 0 Å². The predicted octanol–water partition coefficient (Wildman–Crippen LogP) is 6.43. The highest BCUT2D eigenvalue weighted by Crippen LogP contribution is 2.41. The van der Waals surface area contributed by atoms with Crippen LogP contribution in [-0.2, 0) is 10.1 Å². The van der Waals surface area contributed by atoms with E-state index in [1.165, 1.54) is 19.2 Å². The summed E-state index contributed by atoms with van der Waals surface area (Å²) in [5, 5.41) is 22.7. The third-order valence-corrected chi connectivity index (χ3v) is 6.79. The zero-order valence-electron chi connectivity index (χ0n) is 19.1. The number of phenols is 1. The molecule has 4 rings (SSSR count). The number of carbonyl (C=O) groups excluding carboxylic acids is 1. The van der Waals surface area contributed by atoms with Crippen molar-refractivity contribution in [3.05, 3.63) is 82.9 Å². The maximum atomic E-state index is 13.0. The number of amides is 1. The van der Waals surface area contributed by atoms with Crippen LogP contribution in [0.2, 0.25) is 5.02 Å². The molecule has 0 aliphatic heterocycles. The average Bonchev–Trinajstić information content (AvgIpc) is 2.84. The quantitative estimate of drug-likeness (QED) is 0.196. The summed E-state index contributed by atoms with van der Waals surface area (Å²) in [7, 11) is -3.06. The number of anilines is 1. The molecule has 11 heteroatoms. The van der Waals surface area contributed by atoms with E-state index in [0.29, 0.717) is 27.8 Å². The minimum absolute atomic E-state index is 0.0108. The Morgan fingerprint density at radius 1 is 1.00 bits per heavy atom. The zero-order valence-corrected chi connectivity index (χ0v) is 20.6. The molecule has 0 heterocycles. The number of fused-ring (bicyclic) bond motifs is 1. The highest BCUT2D eigenvalue weighted by atomic mass is 35.5. The lowest BCUT2D eigenvalue weighted by Gasteiger charge is -2.12. The van der Waals surface area contributed by atoms with Gasteiger partial charge in [0.05, 0.1) is 17.7 Å². The largest absolute Gasteiger partial charge is 0.505 e. The van der Waals surface area contributed by atoms with Crippen LogP contribution in [0, 0.1) is 6.92 Å². The Balaban J connectivity index is 1.80. The number of halogens is 1. The SMILES string of the molecule is COc1ccc(NC(=O)c2cc3ccccc3c(N=Nc3c(C)ccc(S(=O)(=O)O)c3Cl)c2O)cc1. The number of hydrogen-bond donors (Lipinski definition) is 3. The van der Waals surface area contributed by atoms with Gasteiger partial charge < -0.3 is 15.2 Å². The first-order valence-electron chi connectivity index (χ1n) is 10.5. The van der Waals surface area contributed by atoms with Crippen LogP contribution in [0.4, 0.5) is 17.1 Å². The summed E-state index contributed by atoms with van der Waals surface area (Å²) in [6, 6.07) is 17.7. The van der Waals surface area contributed by atoms with Gasteiger partial charge in [-0.25, -0.2) is 0 Å². The Bertz CT molecular complexity index is 1620. The molecular formula is C25H20ClN3O6S. The van der Waals surface area contributed by atoms with Gasteiger partial charge in [-0.3, -0.25) is 9.35 Å². The van der Waals surface area contributed by atoms with E-state index in [-0.39, 0.29) is 22.0 Å². The molecule has 0 saturated carbocycles. The summed E-state index contributed by atoms with van der Waals surface area (Å²) in [5.74, 6) is -0.387. The maximum Gasteiger partial charge on any atom is 0.296 e. The van der Waals surface area contributed by atoms with Crippen molar-refractivity contribution in [2.75, 3.05) is 12.4 Å². The second kappa shape index (κ2) is 9.94. The van der Waals surface area contributed by atoms with Crippen molar-refractivity contribution in [3.8, 4) is 11.5 Å². The van der Waals surface area contributed by atoms with E-state index >= 15 is 0 Å². The van der Waals surface area contributed by atoms with Crippen molar-refractivity contribution in [3.63, 3.8) is 0 Å². The molecule has 184 valence electrons. The number of aryl methyl sites for hydroxylation is 1. The topological polar surface area (TPSA) is 138 Å². The lowest BCUT2D eigenvalue weighted by molar-refractivity contribution is 0.102. The van der Waals surface area contributed by atoms with Gasteiger partial charge in [-0.2, -0.15) is 8.42 Å². The third-order valence-electron chi connectivity index (χ3n) is 5.40. The van der Waals surface area contributed by atoms with Crippen LogP contribution in [0.25, 0.3) is 10.8 Å². The van der Waals surface area contributed by atoms with Gasteiger partial charge in [0.2, 0.25) is 0 Å². The van der Waals surface area contributed by atoms with E-state index in [4.69, 9.17) is 16.3 Å². The predicted molar refractivity (Wildman–Crippen MR) is 137 cm³/mol. The molecule has 0 spiro atoms. The Labute approximate surface area is 211 Å². The first-order chi connectivity index (χ1) is 17.1. The first kappa shape index (κ1) is 25.1. The molecule has 4 aromatic carbocycles. The number of azo groups is 1. The average molecular weight is 526 g/mol. The van der Waals surface area contributed by atoms with Gasteiger partial charge in [0.15, 0.2) is 5.75 Å². The highest BCUT2D eigenvalue weighted by molar-refractivity contribution is 7.86. The molecule has 1 amide bonds. The molecular weight excluding hydrogens is 506 g/mol. The minimum Gasteiger partial charge on any atom is -0.505 e. The van der Waals surface area contributed by atoms with Gasteiger partial charge in [-0.15, -0.1) is 10.2 Å². The Morgan fingerprint density at radius 2 is 1.67 bits per heavy atom. The van der Waals surface area contributed by atoms with E-state index in [0.717, 1.165) is 6.07 Å². The normalized spacial score (nSPS) is 11.7. The van der Waals surface area contributed by atoms with Crippen LogP contribution >= 0.6 is 11.6 Å². The molecule has 0 unspecified atom stereocenters. The van der Waals surface area contributed by atoms with Gasteiger partial charge in [-0.1, -0.05) is 41.9 Å². The fourth-order valence-corrected chi connectivity index (χ4v) is 4.63. The zero-order chi connectivity index (χ0) is 26.0.